The fraction of sp³-hybridized carbons (Fsp3) is 0.929. The van der Waals surface area contributed by atoms with Crippen LogP contribution in [0.2, 0.25) is 0 Å². The van der Waals surface area contributed by atoms with E-state index in [0.717, 1.165) is 19.6 Å². The van der Waals surface area contributed by atoms with Crippen LogP contribution in [0.5, 0.6) is 0 Å². The van der Waals surface area contributed by atoms with E-state index >= 15 is 0 Å². The third-order valence-electron chi connectivity index (χ3n) is 3.89. The second-order valence-electron chi connectivity index (χ2n) is 5.77. The normalized spacial score (nSPS) is 21.3. The van der Waals surface area contributed by atoms with Gasteiger partial charge < -0.3 is 10.2 Å². The van der Waals surface area contributed by atoms with Crippen LogP contribution in [0.15, 0.2) is 0 Å². The third kappa shape index (κ3) is 3.69. The highest BCUT2D eigenvalue weighted by Gasteiger charge is 2.32. The minimum Gasteiger partial charge on any atom is -0.343 e. The van der Waals surface area contributed by atoms with Gasteiger partial charge in [0.05, 0.1) is 5.54 Å². The molecular weight excluding hydrogens is 226 g/mol. The van der Waals surface area contributed by atoms with Crippen molar-refractivity contribution < 1.29 is 4.79 Å². The maximum absolute atomic E-state index is 12.4. The molecule has 1 amide bonds. The number of likely N-dealkylation sites (tertiary alicyclic amines) is 1. The second-order valence-corrected chi connectivity index (χ2v) is 5.77. The van der Waals surface area contributed by atoms with Crippen molar-refractivity contribution in [2.24, 2.45) is 0 Å². The Labute approximate surface area is 112 Å². The number of amides is 1. The second kappa shape index (κ2) is 6.53. The molecule has 1 aliphatic heterocycles. The monoisotopic (exact) mass is 255 g/mol. The van der Waals surface area contributed by atoms with E-state index in [4.69, 9.17) is 0 Å². The number of likely N-dealkylation sites (N-methyl/N-ethyl adjacent to an activating group) is 3. The molecule has 0 radical (unpaired) electrons. The zero-order valence-corrected chi connectivity index (χ0v) is 12.6. The molecule has 18 heavy (non-hydrogen) atoms. The van der Waals surface area contributed by atoms with Crippen molar-refractivity contribution in [1.29, 1.82) is 0 Å². The summed E-state index contributed by atoms with van der Waals surface area (Å²) < 4.78 is 0. The maximum Gasteiger partial charge on any atom is 0.242 e. The van der Waals surface area contributed by atoms with Crippen LogP contribution < -0.4 is 5.32 Å². The number of carbonyl (C=O) groups excluding carboxylic acids is 1. The highest BCUT2D eigenvalue weighted by Crippen LogP contribution is 2.18. The SMILES string of the molecule is CCNC(C)(C)C(=O)N(C)CC1CCCN1CC. The number of rotatable bonds is 6. The lowest BCUT2D eigenvalue weighted by Gasteiger charge is -2.33. The predicted octanol–water partition coefficient (Wildman–Crippen LogP) is 1.32. The molecule has 1 aliphatic rings. The van der Waals surface area contributed by atoms with E-state index in [9.17, 15) is 4.79 Å². The number of hydrogen-bond donors (Lipinski definition) is 1. The van der Waals surface area contributed by atoms with E-state index in [-0.39, 0.29) is 5.91 Å². The molecule has 4 heteroatoms. The molecule has 0 aromatic rings. The van der Waals surface area contributed by atoms with E-state index in [2.05, 4.69) is 17.1 Å². The number of nitrogens with zero attached hydrogens (tertiary/aromatic N) is 2. The molecule has 1 saturated heterocycles. The molecule has 4 nitrogen and oxygen atoms in total. The van der Waals surface area contributed by atoms with E-state index in [1.807, 2.05) is 32.7 Å². The first kappa shape index (κ1) is 15.4. The Morgan fingerprint density at radius 2 is 2.11 bits per heavy atom. The van der Waals surface area contributed by atoms with Gasteiger partial charge in [-0.15, -0.1) is 0 Å². The van der Waals surface area contributed by atoms with Gasteiger partial charge in [0.15, 0.2) is 0 Å². The molecule has 0 saturated carbocycles. The molecule has 1 atom stereocenters. The van der Waals surface area contributed by atoms with E-state index in [1.54, 1.807) is 0 Å². The van der Waals surface area contributed by atoms with Crippen molar-refractivity contribution >= 4 is 5.91 Å². The summed E-state index contributed by atoms with van der Waals surface area (Å²) in [7, 11) is 1.92. The van der Waals surface area contributed by atoms with Crippen LogP contribution in [-0.2, 0) is 4.79 Å². The van der Waals surface area contributed by atoms with Crippen molar-refractivity contribution in [2.45, 2.75) is 52.1 Å². The molecule has 1 heterocycles. The highest BCUT2D eigenvalue weighted by molar-refractivity contribution is 5.85. The van der Waals surface area contributed by atoms with Crippen molar-refractivity contribution in [3.63, 3.8) is 0 Å². The van der Waals surface area contributed by atoms with Crippen LogP contribution in [0.1, 0.15) is 40.5 Å². The standard InChI is InChI=1S/C14H29N3O/c1-6-15-14(3,4)13(18)16(5)11-12-9-8-10-17(12)7-2/h12,15H,6-11H2,1-5H3. The summed E-state index contributed by atoms with van der Waals surface area (Å²) in [6, 6.07) is 0.543. The van der Waals surface area contributed by atoms with Gasteiger partial charge in [-0.25, -0.2) is 0 Å². The topological polar surface area (TPSA) is 35.6 Å². The average molecular weight is 255 g/mol. The number of carbonyl (C=O) groups is 1. The molecule has 1 N–H and O–H groups in total. The Morgan fingerprint density at radius 1 is 1.44 bits per heavy atom. The summed E-state index contributed by atoms with van der Waals surface area (Å²) in [4.78, 5) is 16.7. The van der Waals surface area contributed by atoms with Gasteiger partial charge in [0.2, 0.25) is 5.91 Å². The minimum absolute atomic E-state index is 0.187. The summed E-state index contributed by atoms with van der Waals surface area (Å²) in [5.41, 5.74) is -0.459. The fourth-order valence-electron chi connectivity index (χ4n) is 2.91. The lowest BCUT2D eigenvalue weighted by atomic mass is 10.0. The van der Waals surface area contributed by atoms with Gasteiger partial charge in [-0.3, -0.25) is 9.69 Å². The zero-order chi connectivity index (χ0) is 13.8. The van der Waals surface area contributed by atoms with Crippen molar-refractivity contribution in [1.82, 2.24) is 15.1 Å². The van der Waals surface area contributed by atoms with Gasteiger partial charge in [-0.2, -0.15) is 0 Å². The summed E-state index contributed by atoms with van der Waals surface area (Å²) in [6.07, 6.45) is 2.48. The molecule has 1 fully saturated rings. The average Bonchev–Trinajstić information content (AvgIpc) is 2.75. The zero-order valence-electron chi connectivity index (χ0n) is 12.6. The Bertz CT molecular complexity index is 278. The lowest BCUT2D eigenvalue weighted by Crippen LogP contribution is -2.55. The molecule has 0 aromatic heterocycles. The molecule has 106 valence electrons. The molecule has 0 bridgehead atoms. The first-order chi connectivity index (χ1) is 8.42. The number of nitrogens with one attached hydrogen (secondary N) is 1. The first-order valence-corrected chi connectivity index (χ1v) is 7.17. The number of hydrogen-bond acceptors (Lipinski definition) is 3. The quantitative estimate of drug-likeness (QED) is 0.777. The van der Waals surface area contributed by atoms with Crippen molar-refractivity contribution in [3.8, 4) is 0 Å². The van der Waals surface area contributed by atoms with Gasteiger partial charge in [0, 0.05) is 19.6 Å². The van der Waals surface area contributed by atoms with Crippen molar-refractivity contribution in [3.05, 3.63) is 0 Å². The summed E-state index contributed by atoms with van der Waals surface area (Å²) >= 11 is 0. The molecule has 0 aromatic carbocycles. The van der Waals surface area contributed by atoms with E-state index in [0.29, 0.717) is 6.04 Å². The minimum atomic E-state index is -0.459. The Hall–Kier alpha value is -0.610. The van der Waals surface area contributed by atoms with E-state index in [1.165, 1.54) is 19.4 Å². The van der Waals surface area contributed by atoms with Gasteiger partial charge >= 0.3 is 0 Å². The van der Waals surface area contributed by atoms with E-state index < -0.39 is 5.54 Å². The van der Waals surface area contributed by atoms with Crippen LogP contribution in [0.3, 0.4) is 0 Å². The first-order valence-electron chi connectivity index (χ1n) is 7.17. The van der Waals surface area contributed by atoms with Crippen LogP contribution in [0.4, 0.5) is 0 Å². The Morgan fingerprint density at radius 3 is 2.67 bits per heavy atom. The maximum atomic E-state index is 12.4. The third-order valence-corrected chi connectivity index (χ3v) is 3.89. The van der Waals surface area contributed by atoms with Crippen LogP contribution in [0, 0.1) is 0 Å². The summed E-state index contributed by atoms with van der Waals surface area (Å²) in [5.74, 6) is 0.187. The van der Waals surface area contributed by atoms with Crippen LogP contribution >= 0.6 is 0 Å². The van der Waals surface area contributed by atoms with Gasteiger partial charge in [-0.05, 0) is 46.3 Å². The van der Waals surface area contributed by atoms with Crippen LogP contribution in [-0.4, -0.2) is 60.5 Å². The summed E-state index contributed by atoms with van der Waals surface area (Å²) in [6.45, 7) is 12.1. The molecule has 1 rings (SSSR count). The molecule has 1 unspecified atom stereocenters. The highest BCUT2D eigenvalue weighted by atomic mass is 16.2. The van der Waals surface area contributed by atoms with Gasteiger partial charge in [0.25, 0.3) is 0 Å². The lowest BCUT2D eigenvalue weighted by molar-refractivity contribution is -0.136. The fourth-order valence-corrected chi connectivity index (χ4v) is 2.91. The smallest absolute Gasteiger partial charge is 0.242 e. The largest absolute Gasteiger partial charge is 0.343 e. The predicted molar refractivity (Wildman–Crippen MR) is 75.7 cm³/mol. The Balaban J connectivity index is 2.54. The molecule has 0 aliphatic carbocycles. The van der Waals surface area contributed by atoms with Gasteiger partial charge in [0.1, 0.15) is 0 Å². The van der Waals surface area contributed by atoms with Gasteiger partial charge in [-0.1, -0.05) is 13.8 Å². The Kier molecular flexibility index (Phi) is 5.60. The summed E-state index contributed by atoms with van der Waals surface area (Å²) in [5, 5.41) is 3.25. The van der Waals surface area contributed by atoms with Crippen LogP contribution in [0.25, 0.3) is 0 Å². The van der Waals surface area contributed by atoms with Crippen molar-refractivity contribution in [2.75, 3.05) is 33.2 Å². The molecule has 0 spiro atoms. The molecular formula is C14H29N3O.